The van der Waals surface area contributed by atoms with Gasteiger partial charge in [0.1, 0.15) is 22.3 Å². The molecule has 7 aromatic rings. The zero-order valence-electron chi connectivity index (χ0n) is 15.9. The summed E-state index contributed by atoms with van der Waals surface area (Å²) in [5, 5.41) is 6.82. The van der Waals surface area contributed by atoms with Crippen LogP contribution in [-0.4, -0.2) is 4.98 Å². The highest BCUT2D eigenvalue weighted by atomic mass is 16.3. The first kappa shape index (κ1) is 15.8. The summed E-state index contributed by atoms with van der Waals surface area (Å²) in [4.78, 5) is 4.31. The highest BCUT2D eigenvalue weighted by Crippen LogP contribution is 2.45. The van der Waals surface area contributed by atoms with Crippen LogP contribution >= 0.6 is 0 Å². The van der Waals surface area contributed by atoms with E-state index in [4.69, 9.17) is 8.83 Å². The lowest BCUT2D eigenvalue weighted by molar-refractivity contribution is 0.664. The second kappa shape index (κ2) is 5.71. The summed E-state index contributed by atoms with van der Waals surface area (Å²) >= 11 is 0. The molecule has 3 heteroatoms. The molecule has 3 nitrogen and oxygen atoms in total. The van der Waals surface area contributed by atoms with E-state index in [0.29, 0.717) is 0 Å². The normalized spacial score (nSPS) is 12.0. The molecule has 0 radical (unpaired) electrons. The molecule has 0 aliphatic carbocycles. The van der Waals surface area contributed by atoms with E-state index in [1.165, 1.54) is 10.8 Å². The van der Waals surface area contributed by atoms with Gasteiger partial charge in [0.25, 0.3) is 0 Å². The lowest BCUT2D eigenvalue weighted by Gasteiger charge is -2.04. The van der Waals surface area contributed by atoms with Gasteiger partial charge >= 0.3 is 0 Å². The summed E-state index contributed by atoms with van der Waals surface area (Å²) in [5.41, 5.74) is 5.49. The monoisotopic (exact) mass is 385 g/mol. The van der Waals surface area contributed by atoms with E-state index in [2.05, 4.69) is 65.6 Å². The number of furan rings is 2. The van der Waals surface area contributed by atoms with Crippen LogP contribution in [0.3, 0.4) is 0 Å². The Balaban J connectivity index is 1.80. The molecule has 0 aliphatic rings. The molecular weight excluding hydrogens is 370 g/mol. The minimum Gasteiger partial charge on any atom is -0.456 e. The fraction of sp³-hybridized carbons (Fsp3) is 0. The summed E-state index contributed by atoms with van der Waals surface area (Å²) in [6.07, 6.45) is 3.65. The van der Waals surface area contributed by atoms with Crippen molar-refractivity contribution in [2.24, 2.45) is 0 Å². The van der Waals surface area contributed by atoms with Crippen molar-refractivity contribution in [3.05, 3.63) is 91.3 Å². The summed E-state index contributed by atoms with van der Waals surface area (Å²) in [6, 6.07) is 26.9. The van der Waals surface area contributed by atoms with Crippen molar-refractivity contribution in [3.8, 4) is 11.1 Å². The van der Waals surface area contributed by atoms with Gasteiger partial charge in [-0.3, -0.25) is 4.98 Å². The Morgan fingerprint density at radius 2 is 1.47 bits per heavy atom. The largest absolute Gasteiger partial charge is 0.456 e. The van der Waals surface area contributed by atoms with Crippen LogP contribution in [0.5, 0.6) is 0 Å². The van der Waals surface area contributed by atoms with Gasteiger partial charge in [0, 0.05) is 45.1 Å². The number of hydrogen-bond donors (Lipinski definition) is 0. The Hall–Kier alpha value is -4.11. The minimum atomic E-state index is 0.860. The molecule has 0 bridgehead atoms. The first-order valence-corrected chi connectivity index (χ1v) is 9.97. The van der Waals surface area contributed by atoms with Gasteiger partial charge in [-0.2, -0.15) is 0 Å². The Morgan fingerprint density at radius 3 is 2.37 bits per heavy atom. The van der Waals surface area contributed by atoms with Crippen LogP contribution in [0.15, 0.2) is 100 Å². The third-order valence-corrected chi connectivity index (χ3v) is 5.95. The number of fused-ring (bicyclic) bond motifs is 9. The lowest BCUT2D eigenvalue weighted by Crippen LogP contribution is -1.82. The molecule has 0 amide bonds. The van der Waals surface area contributed by atoms with E-state index in [1.54, 1.807) is 6.20 Å². The minimum absolute atomic E-state index is 0.860. The van der Waals surface area contributed by atoms with Crippen molar-refractivity contribution in [2.45, 2.75) is 0 Å². The number of pyridine rings is 1. The topological polar surface area (TPSA) is 39.2 Å². The Labute approximate surface area is 171 Å². The molecule has 7 rings (SSSR count). The summed E-state index contributed by atoms with van der Waals surface area (Å²) in [6.45, 7) is 0. The number of para-hydroxylation sites is 1. The van der Waals surface area contributed by atoms with Gasteiger partial charge in [0.05, 0.1) is 0 Å². The zero-order valence-corrected chi connectivity index (χ0v) is 15.9. The predicted octanol–water partition coefficient (Wildman–Crippen LogP) is 7.70. The van der Waals surface area contributed by atoms with Crippen molar-refractivity contribution in [2.75, 3.05) is 0 Å². The molecule has 0 fully saturated rings. The zero-order chi connectivity index (χ0) is 19.7. The third-order valence-electron chi connectivity index (χ3n) is 5.95. The number of aromatic nitrogens is 1. The van der Waals surface area contributed by atoms with Crippen LogP contribution in [0.2, 0.25) is 0 Å². The second-order valence-electron chi connectivity index (χ2n) is 7.60. The van der Waals surface area contributed by atoms with E-state index >= 15 is 0 Å². The smallest absolute Gasteiger partial charge is 0.144 e. The van der Waals surface area contributed by atoms with E-state index in [-0.39, 0.29) is 0 Å². The number of nitrogens with zero attached hydrogens (tertiary/aromatic N) is 1. The van der Waals surface area contributed by atoms with Gasteiger partial charge < -0.3 is 8.83 Å². The van der Waals surface area contributed by atoms with Crippen molar-refractivity contribution in [1.82, 2.24) is 4.98 Å². The van der Waals surface area contributed by atoms with Gasteiger partial charge in [0.2, 0.25) is 0 Å². The van der Waals surface area contributed by atoms with Crippen LogP contribution in [0.1, 0.15) is 0 Å². The van der Waals surface area contributed by atoms with Crippen LogP contribution in [0, 0.1) is 0 Å². The van der Waals surface area contributed by atoms with Crippen molar-refractivity contribution in [3.63, 3.8) is 0 Å². The molecule has 140 valence electrons. The molecule has 0 atom stereocenters. The molecule has 3 heterocycles. The maximum absolute atomic E-state index is 6.41. The van der Waals surface area contributed by atoms with E-state index < -0.39 is 0 Å². The molecule has 4 aromatic carbocycles. The maximum Gasteiger partial charge on any atom is 0.144 e. The van der Waals surface area contributed by atoms with Gasteiger partial charge in [-0.15, -0.1) is 0 Å². The highest BCUT2D eigenvalue weighted by molar-refractivity contribution is 6.32. The molecule has 0 unspecified atom stereocenters. The molecular formula is C27H15NO2. The molecule has 0 aliphatic heterocycles. The highest BCUT2D eigenvalue weighted by Gasteiger charge is 2.21. The van der Waals surface area contributed by atoms with Crippen molar-refractivity contribution in [1.29, 1.82) is 0 Å². The summed E-state index contributed by atoms with van der Waals surface area (Å²) in [5.74, 6) is 0. The molecule has 0 saturated heterocycles. The van der Waals surface area contributed by atoms with Gasteiger partial charge in [-0.25, -0.2) is 0 Å². The lowest BCUT2D eigenvalue weighted by atomic mass is 9.97. The van der Waals surface area contributed by atoms with Crippen molar-refractivity contribution >= 4 is 54.6 Å². The van der Waals surface area contributed by atoms with Crippen LogP contribution in [-0.2, 0) is 0 Å². The standard InChI is InChI=1S/C27H15NO2/c1-2-8-18-16(6-1)11-12-22-24(18)26-23(29-22)14-20(17-7-5-13-28-15-17)27-25(26)19-9-3-4-10-21(19)30-27/h1-15H. The van der Waals surface area contributed by atoms with E-state index in [9.17, 15) is 0 Å². The number of rotatable bonds is 1. The van der Waals surface area contributed by atoms with Crippen LogP contribution in [0.4, 0.5) is 0 Å². The average molecular weight is 385 g/mol. The summed E-state index contributed by atoms with van der Waals surface area (Å²) in [7, 11) is 0. The van der Waals surface area contributed by atoms with Crippen LogP contribution < -0.4 is 0 Å². The second-order valence-corrected chi connectivity index (χ2v) is 7.60. The number of hydrogen-bond acceptors (Lipinski definition) is 3. The Morgan fingerprint density at radius 1 is 0.600 bits per heavy atom. The van der Waals surface area contributed by atoms with Crippen LogP contribution in [0.25, 0.3) is 65.8 Å². The predicted molar refractivity (Wildman–Crippen MR) is 122 cm³/mol. The quantitative estimate of drug-likeness (QED) is 0.291. The van der Waals surface area contributed by atoms with Crippen molar-refractivity contribution < 1.29 is 8.83 Å². The molecule has 30 heavy (non-hydrogen) atoms. The van der Waals surface area contributed by atoms with Gasteiger partial charge in [-0.05, 0) is 35.0 Å². The first-order valence-electron chi connectivity index (χ1n) is 9.97. The number of benzene rings is 4. The van der Waals surface area contributed by atoms with Gasteiger partial charge in [0.15, 0.2) is 0 Å². The van der Waals surface area contributed by atoms with E-state index in [1.807, 2.05) is 24.4 Å². The molecule has 0 saturated carbocycles. The molecule has 0 N–H and O–H groups in total. The Kier molecular flexibility index (Phi) is 3.00. The average Bonchev–Trinajstić information content (AvgIpc) is 3.37. The maximum atomic E-state index is 6.41. The Bertz CT molecular complexity index is 1740. The van der Waals surface area contributed by atoms with Gasteiger partial charge in [-0.1, -0.05) is 54.6 Å². The van der Waals surface area contributed by atoms with E-state index in [0.717, 1.165) is 55.0 Å². The molecule has 0 spiro atoms. The third kappa shape index (κ3) is 2.01. The first-order chi connectivity index (χ1) is 14.9. The molecule has 3 aromatic heterocycles. The fourth-order valence-corrected chi connectivity index (χ4v) is 4.65. The summed E-state index contributed by atoms with van der Waals surface area (Å²) < 4.78 is 12.8. The SMILES string of the molecule is c1cncc(-c2cc3oc4ccc5ccccc5c4c3c3c2oc2ccccc23)c1. The fourth-order valence-electron chi connectivity index (χ4n) is 4.65.